The number of nitrogens with one attached hydrogen (secondary N) is 1. The Morgan fingerprint density at radius 3 is 2.38 bits per heavy atom. The van der Waals surface area contributed by atoms with Gasteiger partial charge in [-0.05, 0) is 45.4 Å². The zero-order valence-corrected chi connectivity index (χ0v) is 11.9. The summed E-state index contributed by atoms with van der Waals surface area (Å²) in [5.74, 6) is 0. The fourth-order valence-electron chi connectivity index (χ4n) is 2.52. The van der Waals surface area contributed by atoms with E-state index in [1.165, 1.54) is 4.88 Å². The summed E-state index contributed by atoms with van der Waals surface area (Å²) >= 11 is 1.83. The zero-order valence-electron chi connectivity index (χ0n) is 11.1. The van der Waals surface area contributed by atoms with Crippen molar-refractivity contribution < 1.29 is 0 Å². The van der Waals surface area contributed by atoms with E-state index < -0.39 is 0 Å². The van der Waals surface area contributed by atoms with Crippen LogP contribution < -0.4 is 5.32 Å². The third-order valence-corrected chi connectivity index (χ3v) is 4.34. The van der Waals surface area contributed by atoms with Crippen molar-refractivity contribution in [2.75, 3.05) is 20.1 Å². The minimum Gasteiger partial charge on any atom is -0.311 e. The van der Waals surface area contributed by atoms with Gasteiger partial charge in [-0.15, -0.1) is 11.3 Å². The van der Waals surface area contributed by atoms with Crippen molar-refractivity contribution in [3.8, 4) is 0 Å². The third kappa shape index (κ3) is 2.65. The topological polar surface area (TPSA) is 15.3 Å². The molecule has 2 nitrogen and oxygen atoms in total. The van der Waals surface area contributed by atoms with Crippen molar-refractivity contribution in [3.63, 3.8) is 0 Å². The van der Waals surface area contributed by atoms with Crippen molar-refractivity contribution in [2.45, 2.75) is 39.3 Å². The first kappa shape index (κ1) is 13.7. The molecule has 0 saturated heterocycles. The first-order valence-corrected chi connectivity index (χ1v) is 6.91. The fourth-order valence-corrected chi connectivity index (χ4v) is 3.53. The second-order valence-corrected chi connectivity index (χ2v) is 5.54. The van der Waals surface area contributed by atoms with Crippen LogP contribution in [0.2, 0.25) is 0 Å². The predicted molar refractivity (Wildman–Crippen MR) is 73.1 cm³/mol. The van der Waals surface area contributed by atoms with E-state index in [4.69, 9.17) is 0 Å². The summed E-state index contributed by atoms with van der Waals surface area (Å²) in [6, 6.07) is 4.74. The molecule has 1 heterocycles. The molecule has 16 heavy (non-hydrogen) atoms. The molecule has 1 atom stereocenters. The number of hydrogen-bond acceptors (Lipinski definition) is 3. The highest BCUT2D eigenvalue weighted by Gasteiger charge is 2.34. The van der Waals surface area contributed by atoms with Crippen molar-refractivity contribution in [1.82, 2.24) is 10.2 Å². The lowest BCUT2D eigenvalue weighted by atomic mass is 9.91. The van der Waals surface area contributed by atoms with Gasteiger partial charge >= 0.3 is 0 Å². The number of likely N-dealkylation sites (N-methyl/N-ethyl adjacent to an activating group) is 2. The first-order chi connectivity index (χ1) is 7.57. The molecule has 0 saturated carbocycles. The Morgan fingerprint density at radius 1 is 1.38 bits per heavy atom. The Labute approximate surface area is 104 Å². The van der Waals surface area contributed by atoms with E-state index in [-0.39, 0.29) is 5.54 Å². The van der Waals surface area contributed by atoms with Gasteiger partial charge in [0.1, 0.15) is 0 Å². The Morgan fingerprint density at radius 2 is 2.00 bits per heavy atom. The van der Waals surface area contributed by atoms with Gasteiger partial charge in [0, 0.05) is 10.4 Å². The van der Waals surface area contributed by atoms with Gasteiger partial charge in [0.2, 0.25) is 0 Å². The van der Waals surface area contributed by atoms with Gasteiger partial charge in [-0.1, -0.05) is 19.9 Å². The molecule has 0 radical (unpaired) electrons. The van der Waals surface area contributed by atoms with Crippen LogP contribution in [-0.4, -0.2) is 30.6 Å². The maximum atomic E-state index is 3.46. The van der Waals surface area contributed by atoms with E-state index in [0.717, 1.165) is 13.1 Å². The van der Waals surface area contributed by atoms with E-state index in [1.807, 2.05) is 11.3 Å². The molecule has 1 rings (SSSR count). The lowest BCUT2D eigenvalue weighted by Gasteiger charge is -2.43. The summed E-state index contributed by atoms with van der Waals surface area (Å²) in [7, 11) is 2.05. The number of thiophene rings is 1. The quantitative estimate of drug-likeness (QED) is 0.822. The summed E-state index contributed by atoms with van der Waals surface area (Å²) in [5, 5.41) is 5.61. The highest BCUT2D eigenvalue weighted by molar-refractivity contribution is 7.10. The average molecular weight is 240 g/mol. The van der Waals surface area contributed by atoms with Crippen LogP contribution in [0, 0.1) is 0 Å². The molecule has 0 aliphatic carbocycles. The van der Waals surface area contributed by atoms with Crippen LogP contribution in [0.3, 0.4) is 0 Å². The van der Waals surface area contributed by atoms with E-state index in [9.17, 15) is 0 Å². The predicted octanol–water partition coefficient (Wildman–Crippen LogP) is 3.13. The van der Waals surface area contributed by atoms with Crippen molar-refractivity contribution >= 4 is 11.3 Å². The van der Waals surface area contributed by atoms with Gasteiger partial charge in [0.25, 0.3) is 0 Å². The lowest BCUT2D eigenvalue weighted by molar-refractivity contribution is 0.0958. The Kier molecular flexibility index (Phi) is 4.96. The van der Waals surface area contributed by atoms with Gasteiger partial charge < -0.3 is 5.32 Å². The van der Waals surface area contributed by atoms with E-state index in [0.29, 0.717) is 6.04 Å². The maximum absolute atomic E-state index is 3.46. The number of hydrogen-bond donors (Lipinski definition) is 1. The molecule has 0 aliphatic rings. The molecule has 0 spiro atoms. The van der Waals surface area contributed by atoms with Crippen molar-refractivity contribution in [2.24, 2.45) is 0 Å². The zero-order chi connectivity index (χ0) is 12.2. The van der Waals surface area contributed by atoms with Gasteiger partial charge in [0.15, 0.2) is 0 Å². The summed E-state index contributed by atoms with van der Waals surface area (Å²) in [6.45, 7) is 11.3. The van der Waals surface area contributed by atoms with Crippen LogP contribution in [0.1, 0.15) is 38.6 Å². The van der Waals surface area contributed by atoms with Crippen LogP contribution in [0.5, 0.6) is 0 Å². The minimum atomic E-state index is 0.142. The molecule has 1 unspecified atom stereocenters. The minimum absolute atomic E-state index is 0.142. The van der Waals surface area contributed by atoms with Gasteiger partial charge in [-0.25, -0.2) is 0 Å². The second kappa shape index (κ2) is 5.80. The summed E-state index contributed by atoms with van der Waals surface area (Å²) < 4.78 is 0. The van der Waals surface area contributed by atoms with Crippen LogP contribution >= 0.6 is 11.3 Å². The number of nitrogens with zero attached hydrogens (tertiary/aromatic N) is 1. The molecular formula is C13H24N2S. The molecule has 3 heteroatoms. The molecule has 0 bridgehead atoms. The smallest absolute Gasteiger partial charge is 0.0594 e. The molecule has 0 aliphatic heterocycles. The summed E-state index contributed by atoms with van der Waals surface area (Å²) in [5.41, 5.74) is 0.142. The first-order valence-electron chi connectivity index (χ1n) is 6.03. The maximum Gasteiger partial charge on any atom is 0.0594 e. The molecule has 0 amide bonds. The monoisotopic (exact) mass is 240 g/mol. The largest absolute Gasteiger partial charge is 0.311 e. The molecular weight excluding hydrogens is 216 g/mol. The lowest BCUT2D eigenvalue weighted by Crippen LogP contribution is -2.51. The molecule has 1 N–H and O–H groups in total. The Bertz CT molecular complexity index is 289. The van der Waals surface area contributed by atoms with Crippen LogP contribution in [0.15, 0.2) is 17.5 Å². The molecule has 1 aromatic heterocycles. The fraction of sp³-hybridized carbons (Fsp3) is 0.692. The van der Waals surface area contributed by atoms with Crippen LogP contribution in [0.25, 0.3) is 0 Å². The normalized spacial score (nSPS) is 14.4. The summed E-state index contributed by atoms with van der Waals surface area (Å²) in [4.78, 5) is 3.92. The highest BCUT2D eigenvalue weighted by atomic mass is 32.1. The van der Waals surface area contributed by atoms with Gasteiger partial charge in [0.05, 0.1) is 6.04 Å². The molecule has 1 aromatic rings. The number of rotatable bonds is 6. The Balaban J connectivity index is 2.94. The average Bonchev–Trinajstić information content (AvgIpc) is 2.73. The van der Waals surface area contributed by atoms with E-state index >= 15 is 0 Å². The van der Waals surface area contributed by atoms with Gasteiger partial charge in [-0.2, -0.15) is 0 Å². The molecule has 0 fully saturated rings. The summed E-state index contributed by atoms with van der Waals surface area (Å²) in [6.07, 6.45) is 0. The van der Waals surface area contributed by atoms with Crippen molar-refractivity contribution in [3.05, 3.63) is 22.4 Å². The highest BCUT2D eigenvalue weighted by Crippen LogP contribution is 2.32. The molecule has 0 aromatic carbocycles. The van der Waals surface area contributed by atoms with Crippen LogP contribution in [0.4, 0.5) is 0 Å². The standard InChI is InChI=1S/C13H24N2S/c1-6-15(7-2)13(3,4)12(14-5)11-9-8-10-16-11/h8-10,12,14H,6-7H2,1-5H3. The van der Waals surface area contributed by atoms with E-state index in [2.05, 4.69) is 62.5 Å². The second-order valence-electron chi connectivity index (χ2n) is 4.56. The third-order valence-electron chi connectivity index (χ3n) is 3.40. The van der Waals surface area contributed by atoms with Crippen LogP contribution in [-0.2, 0) is 0 Å². The Hall–Kier alpha value is -0.380. The van der Waals surface area contributed by atoms with Crippen molar-refractivity contribution in [1.29, 1.82) is 0 Å². The van der Waals surface area contributed by atoms with Gasteiger partial charge in [-0.3, -0.25) is 4.90 Å². The molecule has 92 valence electrons. The van der Waals surface area contributed by atoms with E-state index in [1.54, 1.807) is 0 Å². The SMILES string of the molecule is CCN(CC)C(C)(C)C(NC)c1cccs1.